The normalized spacial score (nSPS) is 11.2. The van der Waals surface area contributed by atoms with E-state index in [2.05, 4.69) is 10.3 Å². The maximum absolute atomic E-state index is 12.9. The molecule has 0 aliphatic heterocycles. The Morgan fingerprint density at radius 1 is 0.744 bits per heavy atom. The van der Waals surface area contributed by atoms with Gasteiger partial charge in [-0.15, -0.1) is 0 Å². The molecule has 0 bridgehead atoms. The lowest BCUT2D eigenvalue weighted by atomic mass is 10.0. The number of aromatic nitrogens is 1. The second-order valence-corrected chi connectivity index (χ2v) is 8.56. The first-order valence-electron chi connectivity index (χ1n) is 12.5. The number of rotatable bonds is 13. The molecule has 3 aromatic carbocycles. The second kappa shape index (κ2) is 14.2. The van der Waals surface area contributed by atoms with Gasteiger partial charge in [0, 0.05) is 24.2 Å². The maximum Gasteiger partial charge on any atom is 0.328 e. The summed E-state index contributed by atoms with van der Waals surface area (Å²) in [6.07, 6.45) is 1.93. The zero-order chi connectivity index (χ0) is 27.3. The number of hydrogen-bond donors (Lipinski definition) is 1. The lowest BCUT2D eigenvalue weighted by Gasteiger charge is -2.17. The number of nitrogens with one attached hydrogen (secondary N) is 1. The molecule has 4 aromatic rings. The fourth-order valence-electron chi connectivity index (χ4n) is 3.72. The van der Waals surface area contributed by atoms with Crippen LogP contribution in [0.1, 0.15) is 21.5 Å². The van der Waals surface area contributed by atoms with Crippen molar-refractivity contribution in [1.82, 2.24) is 10.3 Å². The Bertz CT molecular complexity index is 1310. The SMILES string of the molecule is COC(=O)[C@H](Cc1ccc(OCc2ccccc2)cc1)NC(=O)c1ccc(OCCOc2ccccn2)cc1. The summed E-state index contributed by atoms with van der Waals surface area (Å²) in [7, 11) is 1.30. The van der Waals surface area contributed by atoms with Crippen LogP contribution in [0.4, 0.5) is 0 Å². The van der Waals surface area contributed by atoms with Crippen LogP contribution in [0, 0.1) is 0 Å². The number of esters is 1. The van der Waals surface area contributed by atoms with E-state index in [4.69, 9.17) is 18.9 Å². The van der Waals surface area contributed by atoms with Crippen molar-refractivity contribution in [1.29, 1.82) is 0 Å². The average Bonchev–Trinajstić information content (AvgIpc) is 2.99. The van der Waals surface area contributed by atoms with Gasteiger partial charge in [0.15, 0.2) is 0 Å². The van der Waals surface area contributed by atoms with E-state index in [1.54, 1.807) is 36.5 Å². The van der Waals surface area contributed by atoms with Crippen molar-refractivity contribution in [3.8, 4) is 17.4 Å². The Balaban J connectivity index is 1.27. The molecule has 0 radical (unpaired) electrons. The highest BCUT2D eigenvalue weighted by Crippen LogP contribution is 2.17. The van der Waals surface area contributed by atoms with Crippen molar-refractivity contribution in [3.63, 3.8) is 0 Å². The Hall–Kier alpha value is -4.85. The van der Waals surface area contributed by atoms with Gasteiger partial charge in [-0.25, -0.2) is 9.78 Å². The van der Waals surface area contributed by atoms with Gasteiger partial charge >= 0.3 is 5.97 Å². The van der Waals surface area contributed by atoms with Crippen LogP contribution in [0.3, 0.4) is 0 Å². The van der Waals surface area contributed by atoms with Gasteiger partial charge in [-0.2, -0.15) is 0 Å². The van der Waals surface area contributed by atoms with Crippen LogP contribution in [0.25, 0.3) is 0 Å². The number of benzene rings is 3. The number of nitrogens with zero attached hydrogens (tertiary/aromatic N) is 1. The van der Waals surface area contributed by atoms with Crippen LogP contribution in [-0.4, -0.2) is 43.2 Å². The molecular formula is C31H30N2O6. The molecule has 0 aliphatic rings. The van der Waals surface area contributed by atoms with Crippen molar-refractivity contribution in [2.45, 2.75) is 19.1 Å². The summed E-state index contributed by atoms with van der Waals surface area (Å²) in [6, 6.07) is 28.5. The number of amides is 1. The predicted octanol–water partition coefficient (Wildman–Crippen LogP) is 4.63. The van der Waals surface area contributed by atoms with E-state index in [0.717, 1.165) is 11.1 Å². The summed E-state index contributed by atoms with van der Waals surface area (Å²) in [5, 5.41) is 2.77. The zero-order valence-electron chi connectivity index (χ0n) is 21.6. The number of ether oxygens (including phenoxy) is 4. The van der Waals surface area contributed by atoms with E-state index in [1.807, 2.05) is 66.7 Å². The topological polar surface area (TPSA) is 96.0 Å². The summed E-state index contributed by atoms with van der Waals surface area (Å²) >= 11 is 0. The third kappa shape index (κ3) is 8.60. The van der Waals surface area contributed by atoms with E-state index >= 15 is 0 Å². The number of hydrogen-bond acceptors (Lipinski definition) is 7. The molecule has 1 aromatic heterocycles. The van der Waals surface area contributed by atoms with Crippen LogP contribution in [0.15, 0.2) is 103 Å². The summed E-state index contributed by atoms with van der Waals surface area (Å²) < 4.78 is 21.9. The molecule has 8 nitrogen and oxygen atoms in total. The van der Waals surface area contributed by atoms with E-state index < -0.39 is 17.9 Å². The van der Waals surface area contributed by atoms with Crippen molar-refractivity contribution in [2.75, 3.05) is 20.3 Å². The monoisotopic (exact) mass is 526 g/mol. The van der Waals surface area contributed by atoms with E-state index in [9.17, 15) is 9.59 Å². The number of methoxy groups -OCH3 is 1. The summed E-state index contributed by atoms with van der Waals surface area (Å²) in [5.41, 5.74) is 2.32. The third-order valence-corrected chi connectivity index (χ3v) is 5.76. The zero-order valence-corrected chi connectivity index (χ0v) is 21.6. The van der Waals surface area contributed by atoms with E-state index in [1.165, 1.54) is 7.11 Å². The first-order valence-corrected chi connectivity index (χ1v) is 12.5. The smallest absolute Gasteiger partial charge is 0.328 e. The minimum Gasteiger partial charge on any atom is -0.490 e. The first kappa shape index (κ1) is 27.2. The predicted molar refractivity (Wildman–Crippen MR) is 146 cm³/mol. The molecule has 39 heavy (non-hydrogen) atoms. The third-order valence-electron chi connectivity index (χ3n) is 5.76. The largest absolute Gasteiger partial charge is 0.490 e. The van der Waals surface area contributed by atoms with Crippen molar-refractivity contribution >= 4 is 11.9 Å². The van der Waals surface area contributed by atoms with Gasteiger partial charge in [0.2, 0.25) is 5.88 Å². The van der Waals surface area contributed by atoms with Crippen LogP contribution in [-0.2, 0) is 22.6 Å². The molecule has 1 heterocycles. The molecule has 1 N–H and O–H groups in total. The standard InChI is InChI=1S/C31H30N2O6/c1-36-31(35)28(21-23-10-14-27(15-11-23)39-22-24-7-3-2-4-8-24)33-30(34)25-12-16-26(17-13-25)37-19-20-38-29-9-5-6-18-32-29/h2-18,28H,19-22H2,1H3,(H,33,34)/t28-/m0/s1. The van der Waals surface area contributed by atoms with Gasteiger partial charge < -0.3 is 24.3 Å². The fourth-order valence-corrected chi connectivity index (χ4v) is 3.72. The quantitative estimate of drug-likeness (QED) is 0.200. The maximum atomic E-state index is 12.9. The van der Waals surface area contributed by atoms with Gasteiger partial charge in [-0.1, -0.05) is 48.5 Å². The average molecular weight is 527 g/mol. The Morgan fingerprint density at radius 3 is 2.10 bits per heavy atom. The molecule has 1 amide bonds. The highest BCUT2D eigenvalue weighted by atomic mass is 16.5. The Labute approximate surface area is 227 Å². The summed E-state index contributed by atoms with van der Waals surface area (Å²) in [6.45, 7) is 1.12. The van der Waals surface area contributed by atoms with E-state index in [-0.39, 0.29) is 6.42 Å². The molecule has 0 fully saturated rings. The van der Waals surface area contributed by atoms with Gasteiger partial charge in [0.1, 0.15) is 37.4 Å². The van der Waals surface area contributed by atoms with Crippen LogP contribution in [0.2, 0.25) is 0 Å². The molecule has 0 spiro atoms. The molecule has 0 saturated carbocycles. The lowest BCUT2D eigenvalue weighted by Crippen LogP contribution is -2.43. The van der Waals surface area contributed by atoms with Gasteiger partial charge in [-0.05, 0) is 53.6 Å². The summed E-state index contributed by atoms with van der Waals surface area (Å²) in [5.74, 6) is 0.918. The Kier molecular flexibility index (Phi) is 9.89. The molecule has 0 aliphatic carbocycles. The highest BCUT2D eigenvalue weighted by molar-refractivity contribution is 5.96. The van der Waals surface area contributed by atoms with Crippen molar-refractivity contribution < 1.29 is 28.5 Å². The van der Waals surface area contributed by atoms with Gasteiger partial charge in [-0.3, -0.25) is 4.79 Å². The molecule has 0 saturated heterocycles. The van der Waals surface area contributed by atoms with E-state index in [0.29, 0.717) is 42.8 Å². The molecule has 4 rings (SSSR count). The second-order valence-electron chi connectivity index (χ2n) is 8.56. The minimum absolute atomic E-state index is 0.273. The van der Waals surface area contributed by atoms with Gasteiger partial charge in [0.25, 0.3) is 5.91 Å². The number of carbonyl (C=O) groups is 2. The number of pyridine rings is 1. The Morgan fingerprint density at radius 2 is 1.41 bits per heavy atom. The fraction of sp³-hybridized carbons (Fsp3) is 0.194. The molecule has 8 heteroatoms. The van der Waals surface area contributed by atoms with Crippen molar-refractivity contribution in [3.05, 3.63) is 120 Å². The van der Waals surface area contributed by atoms with Crippen LogP contribution < -0.4 is 19.5 Å². The van der Waals surface area contributed by atoms with Crippen LogP contribution in [0.5, 0.6) is 17.4 Å². The molecular weight excluding hydrogens is 496 g/mol. The van der Waals surface area contributed by atoms with Crippen molar-refractivity contribution in [2.24, 2.45) is 0 Å². The van der Waals surface area contributed by atoms with Crippen LogP contribution >= 0.6 is 0 Å². The highest BCUT2D eigenvalue weighted by Gasteiger charge is 2.22. The molecule has 0 unspecified atom stereocenters. The molecule has 1 atom stereocenters. The minimum atomic E-state index is -0.849. The van der Waals surface area contributed by atoms with Gasteiger partial charge in [0.05, 0.1) is 7.11 Å². The first-order chi connectivity index (χ1) is 19.1. The summed E-state index contributed by atoms with van der Waals surface area (Å²) in [4.78, 5) is 29.4. The number of carbonyl (C=O) groups excluding carboxylic acids is 2. The molecule has 200 valence electrons. The lowest BCUT2D eigenvalue weighted by molar-refractivity contribution is -0.142.